The Morgan fingerprint density at radius 2 is 0.953 bits per heavy atom. The van der Waals surface area contributed by atoms with E-state index in [1.54, 1.807) is 14.2 Å². The molecular formula is C55H59N3O6. The largest absolute Gasteiger partial charge is 0.508 e. The van der Waals surface area contributed by atoms with Gasteiger partial charge in [-0.05, 0) is 161 Å². The van der Waals surface area contributed by atoms with Gasteiger partial charge in [-0.15, -0.1) is 0 Å². The Hall–Kier alpha value is -5.52. The van der Waals surface area contributed by atoms with Crippen LogP contribution in [0, 0.1) is 0 Å². The number of hydrogen-bond acceptors (Lipinski definition) is 9. The number of benzene rings is 6. The van der Waals surface area contributed by atoms with E-state index in [9.17, 15) is 20.4 Å². The number of hydrogen-bond donors (Lipinski definition) is 5. The van der Waals surface area contributed by atoms with E-state index in [4.69, 9.17) is 9.47 Å². The molecule has 3 aliphatic carbocycles. The SMILES string of the molecule is CN1CCc2cc(O)c(CO)c3c2C1Cc1ccccc1-3.COc1cc2c3c(c1CO)-c1ccccc1CC3N(C)CC2.COc1cc2c3c(c1CO)-c1ccccc1CC3NCC2. The minimum atomic E-state index is -0.126. The number of aromatic hydroxyl groups is 1. The van der Waals surface area contributed by atoms with Gasteiger partial charge in [0.25, 0.3) is 0 Å². The fraction of sp³-hybridized carbons (Fsp3) is 0.345. The van der Waals surface area contributed by atoms with Crippen LogP contribution < -0.4 is 14.8 Å². The van der Waals surface area contributed by atoms with Crippen molar-refractivity contribution in [3.8, 4) is 50.6 Å². The van der Waals surface area contributed by atoms with E-state index < -0.39 is 0 Å². The lowest BCUT2D eigenvalue weighted by atomic mass is 9.75. The molecule has 6 aliphatic rings. The van der Waals surface area contributed by atoms with Crippen molar-refractivity contribution in [1.82, 2.24) is 15.1 Å². The van der Waals surface area contributed by atoms with Crippen LogP contribution in [0.4, 0.5) is 0 Å². The smallest absolute Gasteiger partial charge is 0.125 e. The molecule has 0 aromatic heterocycles. The summed E-state index contributed by atoms with van der Waals surface area (Å²) in [5.41, 5.74) is 21.7. The summed E-state index contributed by atoms with van der Waals surface area (Å²) in [6, 6.07) is 32.7. The van der Waals surface area contributed by atoms with Crippen LogP contribution in [0.3, 0.4) is 0 Å². The molecule has 0 bridgehead atoms. The van der Waals surface area contributed by atoms with Crippen LogP contribution in [0.2, 0.25) is 0 Å². The Morgan fingerprint density at radius 1 is 0.531 bits per heavy atom. The summed E-state index contributed by atoms with van der Waals surface area (Å²) in [4.78, 5) is 4.83. The molecule has 9 heteroatoms. The first kappa shape index (κ1) is 42.4. The van der Waals surface area contributed by atoms with Crippen molar-refractivity contribution in [1.29, 1.82) is 0 Å². The number of nitrogens with one attached hydrogen (secondary N) is 1. The Labute approximate surface area is 376 Å². The van der Waals surface area contributed by atoms with Gasteiger partial charge in [-0.2, -0.15) is 0 Å². The first-order chi connectivity index (χ1) is 31.3. The van der Waals surface area contributed by atoms with Crippen molar-refractivity contribution in [3.63, 3.8) is 0 Å². The molecule has 3 aliphatic heterocycles. The molecule has 0 saturated heterocycles. The van der Waals surface area contributed by atoms with Crippen LogP contribution in [-0.4, -0.2) is 78.2 Å². The Morgan fingerprint density at radius 3 is 1.44 bits per heavy atom. The van der Waals surface area contributed by atoms with Crippen LogP contribution in [0.1, 0.15) is 84.9 Å². The fourth-order valence-electron chi connectivity index (χ4n) is 11.8. The lowest BCUT2D eigenvalue weighted by molar-refractivity contribution is 0.226. The monoisotopic (exact) mass is 857 g/mol. The number of phenols is 1. The quantitative estimate of drug-likeness (QED) is 0.117. The van der Waals surface area contributed by atoms with E-state index in [1.165, 1.54) is 77.9 Å². The molecule has 3 unspecified atom stereocenters. The number of aliphatic hydroxyl groups excluding tert-OH is 3. The molecule has 6 aromatic rings. The van der Waals surface area contributed by atoms with E-state index >= 15 is 0 Å². The molecule has 0 spiro atoms. The second kappa shape index (κ2) is 17.5. The van der Waals surface area contributed by atoms with Crippen LogP contribution in [0.15, 0.2) is 91.0 Å². The average Bonchev–Trinajstić information content (AvgIpc) is 3.33. The van der Waals surface area contributed by atoms with Gasteiger partial charge in [-0.25, -0.2) is 0 Å². The minimum Gasteiger partial charge on any atom is -0.508 e. The first-order valence-corrected chi connectivity index (χ1v) is 22.8. The Bertz CT molecular complexity index is 2760. The summed E-state index contributed by atoms with van der Waals surface area (Å²) in [7, 11) is 7.74. The van der Waals surface area contributed by atoms with E-state index in [1.807, 2.05) is 12.1 Å². The molecule has 0 radical (unpaired) electrons. The van der Waals surface area contributed by atoms with Gasteiger partial charge >= 0.3 is 0 Å². The number of ether oxygens (including phenoxy) is 2. The standard InChI is InChI=1S/C19H21NO2.2C18H19NO2/c1-20-8-7-13-10-17(22-2)15(11-21)19-14-6-4-3-5-12(14)9-16(20)18(13)19;1-21-16-9-12-6-7-19-15-8-11-4-2-3-5-13(11)18(17(12)15)14(16)10-20;1-19-7-6-12-9-16(21)14(10-20)18-13-5-3-2-4-11(13)8-15(19)17(12)18/h3-6,10,16,21H,7-9,11H2,1-2H3;2-5,9,15,19-20H,6-8,10H2,1H3;2-5,9,15,20-21H,6-8,10H2,1H3. The van der Waals surface area contributed by atoms with Crippen molar-refractivity contribution < 1.29 is 29.9 Å². The van der Waals surface area contributed by atoms with Gasteiger partial charge in [-0.3, -0.25) is 9.80 Å². The topological polar surface area (TPSA) is 118 Å². The highest BCUT2D eigenvalue weighted by Crippen LogP contribution is 2.51. The number of fused-ring (bicyclic) bond motifs is 6. The molecule has 64 heavy (non-hydrogen) atoms. The van der Waals surface area contributed by atoms with Crippen molar-refractivity contribution >= 4 is 0 Å². The van der Waals surface area contributed by atoms with Crippen molar-refractivity contribution in [2.75, 3.05) is 47.9 Å². The van der Waals surface area contributed by atoms with Crippen LogP contribution >= 0.6 is 0 Å². The molecule has 5 N–H and O–H groups in total. The van der Waals surface area contributed by atoms with E-state index in [2.05, 4.69) is 108 Å². The van der Waals surface area contributed by atoms with Gasteiger partial charge in [0, 0.05) is 47.9 Å². The van der Waals surface area contributed by atoms with Gasteiger partial charge in [0.1, 0.15) is 17.2 Å². The minimum absolute atomic E-state index is 0.00679. The summed E-state index contributed by atoms with van der Waals surface area (Å²) < 4.78 is 11.1. The van der Waals surface area contributed by atoms with Crippen molar-refractivity contribution in [2.24, 2.45) is 0 Å². The van der Waals surface area contributed by atoms with Gasteiger partial charge < -0.3 is 35.2 Å². The average molecular weight is 858 g/mol. The number of nitrogens with zero attached hydrogens (tertiary/aromatic N) is 2. The highest BCUT2D eigenvalue weighted by molar-refractivity contribution is 5.83. The summed E-state index contributed by atoms with van der Waals surface area (Å²) in [5.74, 6) is 1.85. The fourth-order valence-corrected chi connectivity index (χ4v) is 11.8. The van der Waals surface area contributed by atoms with Crippen LogP contribution in [0.5, 0.6) is 17.2 Å². The maximum atomic E-state index is 10.3. The van der Waals surface area contributed by atoms with Crippen LogP contribution in [-0.2, 0) is 58.3 Å². The van der Waals surface area contributed by atoms with Gasteiger partial charge in [0.15, 0.2) is 0 Å². The predicted molar refractivity (Wildman–Crippen MR) is 252 cm³/mol. The van der Waals surface area contributed by atoms with Crippen molar-refractivity contribution in [2.45, 2.75) is 76.5 Å². The highest BCUT2D eigenvalue weighted by Gasteiger charge is 2.37. The van der Waals surface area contributed by atoms with E-state index in [-0.39, 0.29) is 25.6 Å². The summed E-state index contributed by atoms with van der Waals surface area (Å²) >= 11 is 0. The van der Waals surface area contributed by atoms with Crippen molar-refractivity contribution in [3.05, 3.63) is 158 Å². The normalized spacial score (nSPS) is 19.5. The third-order valence-corrected chi connectivity index (χ3v) is 14.9. The predicted octanol–water partition coefficient (Wildman–Crippen LogP) is 8.17. The molecule has 330 valence electrons. The number of rotatable bonds is 5. The zero-order valence-electron chi connectivity index (χ0n) is 37.4. The molecule has 6 aromatic carbocycles. The maximum Gasteiger partial charge on any atom is 0.125 e. The van der Waals surface area contributed by atoms with Gasteiger partial charge in [0.05, 0.1) is 34.0 Å². The second-order valence-corrected chi connectivity index (χ2v) is 18.1. The third kappa shape index (κ3) is 7.01. The first-order valence-electron chi connectivity index (χ1n) is 22.8. The van der Waals surface area contributed by atoms with E-state index in [0.717, 1.165) is 86.3 Å². The molecule has 0 fully saturated rings. The number of aliphatic hydroxyl groups is 3. The summed E-state index contributed by atoms with van der Waals surface area (Å²) in [6.07, 6.45) is 6.08. The number of likely N-dealkylation sites (N-methyl/N-ethyl adjacent to an activating group) is 2. The number of methoxy groups -OCH3 is 2. The summed E-state index contributed by atoms with van der Waals surface area (Å²) in [6.45, 7) is 2.97. The lowest BCUT2D eigenvalue weighted by Crippen LogP contribution is -2.36. The van der Waals surface area contributed by atoms with Crippen LogP contribution in [0.25, 0.3) is 33.4 Å². The Balaban J connectivity index is 0.000000114. The molecule has 0 amide bonds. The van der Waals surface area contributed by atoms with E-state index in [0.29, 0.717) is 23.7 Å². The molecule has 0 saturated carbocycles. The zero-order chi connectivity index (χ0) is 44.2. The molecule has 3 atom stereocenters. The second-order valence-electron chi connectivity index (χ2n) is 18.1. The molecular weight excluding hydrogens is 799 g/mol. The lowest BCUT2D eigenvalue weighted by Gasteiger charge is -2.40. The molecule has 9 nitrogen and oxygen atoms in total. The zero-order valence-corrected chi connectivity index (χ0v) is 37.4. The summed E-state index contributed by atoms with van der Waals surface area (Å²) in [5, 5.41) is 43.6. The van der Waals surface area contributed by atoms with Gasteiger partial charge in [-0.1, -0.05) is 72.8 Å². The molecule has 12 rings (SSSR count). The van der Waals surface area contributed by atoms with Gasteiger partial charge in [0.2, 0.25) is 0 Å². The highest BCUT2D eigenvalue weighted by atomic mass is 16.5. The Kier molecular flexibility index (Phi) is 11.6. The molecule has 3 heterocycles. The third-order valence-electron chi connectivity index (χ3n) is 14.9. The maximum absolute atomic E-state index is 10.3.